The molecule has 0 unspecified atom stereocenters. The van der Waals surface area contributed by atoms with Crippen molar-refractivity contribution >= 4 is 11.8 Å². The fraction of sp³-hybridized carbons (Fsp3) is 0.333. The Hall–Kier alpha value is -2.69. The third-order valence-corrected chi connectivity index (χ3v) is 4.53. The van der Waals surface area contributed by atoms with Crippen LogP contribution >= 0.6 is 0 Å². The number of carbonyl (C=O) groups is 2. The van der Waals surface area contributed by atoms with Crippen LogP contribution in [0, 0.1) is 19.7 Å². The van der Waals surface area contributed by atoms with E-state index in [0.717, 1.165) is 22.3 Å². The molecular formula is C21H25FN2O2. The minimum absolute atomic E-state index is 0.140. The second-order valence-electron chi connectivity index (χ2n) is 6.55. The van der Waals surface area contributed by atoms with Crippen molar-refractivity contribution in [3.63, 3.8) is 0 Å². The van der Waals surface area contributed by atoms with Crippen LogP contribution in [0.4, 0.5) is 4.39 Å². The highest BCUT2D eigenvalue weighted by Gasteiger charge is 2.25. The van der Waals surface area contributed by atoms with E-state index in [1.165, 1.54) is 17.0 Å². The molecule has 0 aliphatic rings. The van der Waals surface area contributed by atoms with Gasteiger partial charge in [0, 0.05) is 13.6 Å². The topological polar surface area (TPSA) is 49.4 Å². The first-order valence-electron chi connectivity index (χ1n) is 8.63. The molecule has 0 heterocycles. The second kappa shape index (κ2) is 8.61. The number of likely N-dealkylation sites (N-methyl/N-ethyl adjacent to an activating group) is 1. The van der Waals surface area contributed by atoms with Gasteiger partial charge >= 0.3 is 0 Å². The summed E-state index contributed by atoms with van der Waals surface area (Å²) in [7, 11) is 1.55. The Morgan fingerprint density at radius 2 is 1.77 bits per heavy atom. The Kier molecular flexibility index (Phi) is 6.50. The molecule has 26 heavy (non-hydrogen) atoms. The summed E-state index contributed by atoms with van der Waals surface area (Å²) in [6.07, 6.45) is 0.218. The monoisotopic (exact) mass is 356 g/mol. The number of carbonyl (C=O) groups excluding carboxylic acids is 2. The maximum atomic E-state index is 13.1. The van der Waals surface area contributed by atoms with Crippen LogP contribution in [0.5, 0.6) is 0 Å². The van der Waals surface area contributed by atoms with Gasteiger partial charge in [-0.2, -0.15) is 0 Å². The highest BCUT2D eigenvalue weighted by atomic mass is 19.1. The summed E-state index contributed by atoms with van der Waals surface area (Å²) in [5, 5.41) is 2.59. The average molecular weight is 356 g/mol. The molecule has 1 atom stereocenters. The van der Waals surface area contributed by atoms with Gasteiger partial charge in [-0.3, -0.25) is 9.59 Å². The Balaban J connectivity index is 2.26. The van der Waals surface area contributed by atoms with Crippen LogP contribution in [0.25, 0.3) is 0 Å². The van der Waals surface area contributed by atoms with E-state index in [1.807, 2.05) is 32.0 Å². The molecule has 138 valence electrons. The number of nitrogens with one attached hydrogen (secondary N) is 1. The molecule has 0 radical (unpaired) electrons. The Morgan fingerprint density at radius 1 is 1.12 bits per heavy atom. The van der Waals surface area contributed by atoms with Gasteiger partial charge in [-0.1, -0.05) is 35.9 Å². The van der Waals surface area contributed by atoms with Crippen LogP contribution in [0.1, 0.15) is 29.2 Å². The molecule has 2 rings (SSSR count). The molecule has 0 saturated carbocycles. The normalized spacial score (nSPS) is 11.7. The number of amides is 2. The van der Waals surface area contributed by atoms with Crippen LogP contribution in [0.15, 0.2) is 42.5 Å². The second-order valence-corrected chi connectivity index (χ2v) is 6.55. The van der Waals surface area contributed by atoms with Gasteiger partial charge in [0.2, 0.25) is 11.8 Å². The number of nitrogens with zero attached hydrogens (tertiary/aromatic N) is 1. The number of hydrogen-bond acceptors (Lipinski definition) is 2. The molecule has 1 N–H and O–H groups in total. The molecule has 2 aromatic carbocycles. The quantitative estimate of drug-likeness (QED) is 0.864. The fourth-order valence-electron chi connectivity index (χ4n) is 2.83. The molecule has 0 saturated heterocycles. The Morgan fingerprint density at radius 3 is 2.38 bits per heavy atom. The number of hydrogen-bond donors (Lipinski definition) is 1. The van der Waals surface area contributed by atoms with E-state index >= 15 is 0 Å². The Labute approximate surface area is 154 Å². The third kappa shape index (κ3) is 4.91. The van der Waals surface area contributed by atoms with E-state index in [0.29, 0.717) is 0 Å². The SMILES string of the molecule is CNC(=O)[C@@H](C)N(Cc1ccc(F)cc1)C(=O)Cc1cc(C)ccc1C. The zero-order valence-corrected chi connectivity index (χ0v) is 15.7. The molecule has 2 aromatic rings. The zero-order valence-electron chi connectivity index (χ0n) is 15.7. The smallest absolute Gasteiger partial charge is 0.242 e. The molecule has 0 fully saturated rings. The highest BCUT2D eigenvalue weighted by Crippen LogP contribution is 2.16. The minimum Gasteiger partial charge on any atom is -0.357 e. The van der Waals surface area contributed by atoms with Gasteiger partial charge in [-0.15, -0.1) is 0 Å². The summed E-state index contributed by atoms with van der Waals surface area (Å²) in [5.41, 5.74) is 3.85. The van der Waals surface area contributed by atoms with Crippen molar-refractivity contribution in [2.45, 2.75) is 39.8 Å². The van der Waals surface area contributed by atoms with Gasteiger partial charge in [0.15, 0.2) is 0 Å². The van der Waals surface area contributed by atoms with E-state index in [9.17, 15) is 14.0 Å². The first-order valence-corrected chi connectivity index (χ1v) is 8.63. The summed E-state index contributed by atoms with van der Waals surface area (Å²) in [4.78, 5) is 26.6. The van der Waals surface area contributed by atoms with Gasteiger partial charge < -0.3 is 10.2 Å². The summed E-state index contributed by atoms with van der Waals surface area (Å²) in [5.74, 6) is -0.707. The highest BCUT2D eigenvalue weighted by molar-refractivity contribution is 5.88. The molecule has 5 heteroatoms. The van der Waals surface area contributed by atoms with E-state index in [-0.39, 0.29) is 30.6 Å². The summed E-state index contributed by atoms with van der Waals surface area (Å²) in [6.45, 7) is 5.90. The van der Waals surface area contributed by atoms with E-state index in [1.54, 1.807) is 26.1 Å². The van der Waals surface area contributed by atoms with Crippen molar-refractivity contribution in [2.24, 2.45) is 0 Å². The predicted molar refractivity (Wildman–Crippen MR) is 100 cm³/mol. The number of benzene rings is 2. The predicted octanol–water partition coefficient (Wildman–Crippen LogP) is 3.15. The van der Waals surface area contributed by atoms with Crippen LogP contribution in [0.2, 0.25) is 0 Å². The van der Waals surface area contributed by atoms with Gasteiger partial charge in [0.25, 0.3) is 0 Å². The lowest BCUT2D eigenvalue weighted by Gasteiger charge is -2.28. The van der Waals surface area contributed by atoms with Crippen molar-refractivity contribution in [3.8, 4) is 0 Å². The van der Waals surface area contributed by atoms with Gasteiger partial charge in [-0.05, 0) is 49.6 Å². The van der Waals surface area contributed by atoms with Crippen LogP contribution < -0.4 is 5.32 Å². The average Bonchev–Trinajstić information content (AvgIpc) is 2.62. The van der Waals surface area contributed by atoms with Crippen molar-refractivity contribution in [1.82, 2.24) is 10.2 Å². The van der Waals surface area contributed by atoms with Crippen LogP contribution in [-0.4, -0.2) is 29.8 Å². The molecule has 4 nitrogen and oxygen atoms in total. The number of halogens is 1. The van der Waals surface area contributed by atoms with E-state index in [2.05, 4.69) is 5.32 Å². The van der Waals surface area contributed by atoms with Crippen molar-refractivity contribution < 1.29 is 14.0 Å². The summed E-state index contributed by atoms with van der Waals surface area (Å²) in [6, 6.07) is 11.3. The largest absolute Gasteiger partial charge is 0.357 e. The molecule has 0 spiro atoms. The molecule has 2 amide bonds. The third-order valence-electron chi connectivity index (χ3n) is 4.53. The van der Waals surface area contributed by atoms with Crippen LogP contribution in [-0.2, 0) is 22.6 Å². The molecule has 0 aliphatic carbocycles. The lowest BCUT2D eigenvalue weighted by Crippen LogP contribution is -2.47. The van der Waals surface area contributed by atoms with Gasteiger partial charge in [-0.25, -0.2) is 4.39 Å². The zero-order chi connectivity index (χ0) is 19.3. The standard InChI is InChI=1S/C21H25FN2O2/c1-14-5-6-15(2)18(11-14)12-20(25)24(16(3)21(26)23-4)13-17-7-9-19(22)10-8-17/h5-11,16H,12-13H2,1-4H3,(H,23,26)/t16-/m1/s1. The molecule has 0 bridgehead atoms. The van der Waals surface area contributed by atoms with Gasteiger partial charge in [0.1, 0.15) is 11.9 Å². The van der Waals surface area contributed by atoms with Gasteiger partial charge in [0.05, 0.1) is 6.42 Å². The molecule has 0 aromatic heterocycles. The molecular weight excluding hydrogens is 331 g/mol. The first kappa shape index (κ1) is 19.6. The van der Waals surface area contributed by atoms with Crippen LogP contribution in [0.3, 0.4) is 0 Å². The number of aryl methyl sites for hydroxylation is 2. The first-order chi connectivity index (χ1) is 12.3. The van der Waals surface area contributed by atoms with E-state index in [4.69, 9.17) is 0 Å². The molecule has 0 aliphatic heterocycles. The summed E-state index contributed by atoms with van der Waals surface area (Å²) >= 11 is 0. The van der Waals surface area contributed by atoms with Crippen molar-refractivity contribution in [1.29, 1.82) is 0 Å². The van der Waals surface area contributed by atoms with E-state index < -0.39 is 6.04 Å². The lowest BCUT2D eigenvalue weighted by atomic mass is 10.0. The lowest BCUT2D eigenvalue weighted by molar-refractivity contribution is -0.139. The Bertz CT molecular complexity index is 787. The summed E-state index contributed by atoms with van der Waals surface area (Å²) < 4.78 is 13.1. The fourth-order valence-corrected chi connectivity index (χ4v) is 2.83. The minimum atomic E-state index is -0.623. The number of rotatable bonds is 6. The maximum Gasteiger partial charge on any atom is 0.242 e. The maximum absolute atomic E-state index is 13.1. The van der Waals surface area contributed by atoms with Crippen molar-refractivity contribution in [2.75, 3.05) is 7.05 Å². The van der Waals surface area contributed by atoms with Crippen molar-refractivity contribution in [3.05, 3.63) is 70.5 Å².